The minimum absolute atomic E-state index is 0.113. The highest BCUT2D eigenvalue weighted by Crippen LogP contribution is 2.25. The van der Waals surface area contributed by atoms with E-state index in [0.717, 1.165) is 0 Å². The fourth-order valence-corrected chi connectivity index (χ4v) is 0.968. The molecule has 0 amide bonds. The van der Waals surface area contributed by atoms with Gasteiger partial charge in [-0.2, -0.15) is 8.42 Å². The van der Waals surface area contributed by atoms with Crippen molar-refractivity contribution in [3.63, 3.8) is 0 Å². The molecule has 0 saturated heterocycles. The van der Waals surface area contributed by atoms with Gasteiger partial charge in [-0.15, -0.1) is 0 Å². The summed E-state index contributed by atoms with van der Waals surface area (Å²) in [7, 11) is -8.32. The second-order valence-corrected chi connectivity index (χ2v) is 4.05. The fourth-order valence-electron chi connectivity index (χ4n) is 0.323. The molecule has 3 N–H and O–H groups in total. The van der Waals surface area contributed by atoms with Crippen LogP contribution in [0.15, 0.2) is 0 Å². The van der Waals surface area contributed by atoms with Crippen LogP contribution in [0.25, 0.3) is 0 Å². The summed E-state index contributed by atoms with van der Waals surface area (Å²) in [5.41, 5.74) is 0. The van der Waals surface area contributed by atoms with Crippen molar-refractivity contribution in [3.8, 4) is 0 Å². The van der Waals surface area contributed by atoms with Crippen molar-refractivity contribution in [2.24, 2.45) is 0 Å². The molecule has 0 aliphatic heterocycles. The Morgan fingerprint density at radius 1 is 1.07 bits per heavy atom. The van der Waals surface area contributed by atoms with Crippen molar-refractivity contribution < 1.29 is 36.0 Å². The zero-order valence-corrected chi connectivity index (χ0v) is 9.36. The quantitative estimate of drug-likeness (QED) is 0.564. The Morgan fingerprint density at radius 2 is 1.29 bits per heavy atom. The molecule has 0 radical (unpaired) electrons. The average molecular weight is 252 g/mol. The molecule has 0 fully saturated rings. The zero-order chi connectivity index (χ0) is 11.8. The molecule has 0 unspecified atom stereocenters. The SMILES string of the molecule is CCOS(=O)(=O)OCC.O=P(O)(O)O. The van der Waals surface area contributed by atoms with Crippen LogP contribution in [0.2, 0.25) is 0 Å². The summed E-state index contributed by atoms with van der Waals surface area (Å²) in [6.07, 6.45) is 0. The van der Waals surface area contributed by atoms with Gasteiger partial charge in [0.05, 0.1) is 13.2 Å². The maximum absolute atomic E-state index is 10.4. The average Bonchev–Trinajstić information content (AvgIpc) is 1.81. The van der Waals surface area contributed by atoms with Gasteiger partial charge in [-0.3, -0.25) is 0 Å². The summed E-state index contributed by atoms with van der Waals surface area (Å²) in [5, 5.41) is 0. The van der Waals surface area contributed by atoms with E-state index in [-0.39, 0.29) is 13.2 Å². The first-order valence-corrected chi connectivity index (χ1v) is 6.34. The first-order valence-electron chi connectivity index (χ1n) is 3.44. The van der Waals surface area contributed by atoms with Crippen LogP contribution in [0.5, 0.6) is 0 Å². The number of rotatable bonds is 4. The van der Waals surface area contributed by atoms with E-state index in [4.69, 9.17) is 19.2 Å². The predicted molar refractivity (Wildman–Crippen MR) is 46.4 cm³/mol. The van der Waals surface area contributed by atoms with E-state index in [1.165, 1.54) is 0 Å². The summed E-state index contributed by atoms with van der Waals surface area (Å²) in [6, 6.07) is 0. The topological polar surface area (TPSA) is 130 Å². The Balaban J connectivity index is 0. The predicted octanol–water partition coefficient (Wildman–Crippen LogP) is -0.624. The van der Waals surface area contributed by atoms with Crippen LogP contribution in [0.4, 0.5) is 0 Å². The van der Waals surface area contributed by atoms with E-state index < -0.39 is 18.2 Å². The smallest absolute Gasteiger partial charge is 0.303 e. The highest BCUT2D eigenvalue weighted by atomic mass is 32.3. The van der Waals surface area contributed by atoms with Crippen LogP contribution in [-0.4, -0.2) is 36.3 Å². The minimum atomic E-state index is -4.64. The largest absolute Gasteiger partial charge is 0.466 e. The van der Waals surface area contributed by atoms with Gasteiger partial charge in [-0.1, -0.05) is 0 Å². The van der Waals surface area contributed by atoms with Gasteiger partial charge in [0.1, 0.15) is 0 Å². The fraction of sp³-hybridized carbons (Fsp3) is 1.00. The van der Waals surface area contributed by atoms with Crippen molar-refractivity contribution in [2.75, 3.05) is 13.2 Å². The van der Waals surface area contributed by atoms with Gasteiger partial charge in [0, 0.05) is 0 Å². The molecule has 0 heterocycles. The molecule has 10 heteroatoms. The number of hydrogen-bond donors (Lipinski definition) is 3. The number of phosphoric acid groups is 1. The third-order valence-electron chi connectivity index (χ3n) is 0.524. The lowest BCUT2D eigenvalue weighted by Crippen LogP contribution is -2.09. The molecular formula is C4H13O8PS. The summed E-state index contributed by atoms with van der Waals surface area (Å²) in [5.74, 6) is 0. The Morgan fingerprint density at radius 3 is 1.43 bits per heavy atom. The maximum Gasteiger partial charge on any atom is 0.466 e. The van der Waals surface area contributed by atoms with Crippen LogP contribution in [0.1, 0.15) is 13.8 Å². The summed E-state index contributed by atoms with van der Waals surface area (Å²) in [4.78, 5) is 21.6. The molecule has 0 spiro atoms. The lowest BCUT2D eigenvalue weighted by molar-refractivity contribution is 0.231. The normalized spacial score (nSPS) is 11.8. The van der Waals surface area contributed by atoms with Crippen LogP contribution in [-0.2, 0) is 23.3 Å². The highest BCUT2D eigenvalue weighted by molar-refractivity contribution is 7.81. The number of hydrogen-bond acceptors (Lipinski definition) is 5. The van der Waals surface area contributed by atoms with Crippen LogP contribution in [0, 0.1) is 0 Å². The molecule has 88 valence electrons. The summed E-state index contributed by atoms with van der Waals surface area (Å²) in [6.45, 7) is 3.39. The van der Waals surface area contributed by atoms with Crippen molar-refractivity contribution >= 4 is 18.2 Å². The van der Waals surface area contributed by atoms with Gasteiger partial charge < -0.3 is 14.7 Å². The monoisotopic (exact) mass is 252 g/mol. The third-order valence-corrected chi connectivity index (χ3v) is 1.57. The first kappa shape index (κ1) is 16.4. The highest BCUT2D eigenvalue weighted by Gasteiger charge is 2.06. The van der Waals surface area contributed by atoms with Gasteiger partial charge in [0.25, 0.3) is 0 Å². The Bertz CT molecular complexity index is 245. The molecule has 0 aliphatic carbocycles. The van der Waals surface area contributed by atoms with Crippen LogP contribution >= 0.6 is 7.82 Å². The molecule has 0 aliphatic rings. The molecular weight excluding hydrogens is 239 g/mol. The summed E-state index contributed by atoms with van der Waals surface area (Å²) >= 11 is 0. The van der Waals surface area contributed by atoms with Crippen LogP contribution < -0.4 is 0 Å². The van der Waals surface area contributed by atoms with E-state index in [1.807, 2.05) is 0 Å². The first-order chi connectivity index (χ1) is 6.12. The lowest BCUT2D eigenvalue weighted by Gasteiger charge is -1.99. The van der Waals surface area contributed by atoms with E-state index >= 15 is 0 Å². The third kappa shape index (κ3) is 22.7. The zero-order valence-electron chi connectivity index (χ0n) is 7.65. The van der Waals surface area contributed by atoms with Crippen molar-refractivity contribution in [1.29, 1.82) is 0 Å². The van der Waals surface area contributed by atoms with Gasteiger partial charge in [0.2, 0.25) is 0 Å². The molecule has 0 bridgehead atoms. The van der Waals surface area contributed by atoms with E-state index in [2.05, 4.69) is 8.37 Å². The molecule has 0 atom stereocenters. The molecule has 8 nitrogen and oxygen atoms in total. The van der Waals surface area contributed by atoms with Crippen molar-refractivity contribution in [1.82, 2.24) is 0 Å². The second kappa shape index (κ2) is 7.30. The van der Waals surface area contributed by atoms with Gasteiger partial charge in [-0.25, -0.2) is 12.9 Å². The molecule has 0 aromatic rings. The molecule has 14 heavy (non-hydrogen) atoms. The van der Waals surface area contributed by atoms with Gasteiger partial charge in [0.15, 0.2) is 0 Å². The maximum atomic E-state index is 10.4. The Hall–Kier alpha value is -0.0200. The second-order valence-electron chi connectivity index (χ2n) is 1.73. The standard InChI is InChI=1S/C4H10O4S.H3O4P/c1-3-7-9(5,6)8-4-2;1-5(2,3)4/h3-4H2,1-2H3;(H3,1,2,3,4). The molecule has 0 saturated carbocycles. The van der Waals surface area contributed by atoms with Crippen molar-refractivity contribution in [2.45, 2.75) is 13.8 Å². The minimum Gasteiger partial charge on any atom is -0.303 e. The van der Waals surface area contributed by atoms with E-state index in [9.17, 15) is 8.42 Å². The van der Waals surface area contributed by atoms with E-state index in [1.54, 1.807) is 13.8 Å². The summed E-state index contributed by atoms with van der Waals surface area (Å²) < 4.78 is 38.1. The van der Waals surface area contributed by atoms with Crippen molar-refractivity contribution in [3.05, 3.63) is 0 Å². The Kier molecular flexibility index (Phi) is 8.55. The Labute approximate surface area is 82.0 Å². The van der Waals surface area contributed by atoms with Gasteiger partial charge in [-0.05, 0) is 13.8 Å². The van der Waals surface area contributed by atoms with Crippen LogP contribution in [0.3, 0.4) is 0 Å². The molecule has 0 aromatic carbocycles. The lowest BCUT2D eigenvalue weighted by atomic mass is 10.9. The van der Waals surface area contributed by atoms with E-state index in [0.29, 0.717) is 0 Å². The van der Waals surface area contributed by atoms with Gasteiger partial charge >= 0.3 is 18.2 Å². The molecule has 0 rings (SSSR count). The molecule has 0 aromatic heterocycles.